The fourth-order valence-corrected chi connectivity index (χ4v) is 1.82. The normalized spacial score (nSPS) is 12.2. The van der Waals surface area contributed by atoms with E-state index in [1.54, 1.807) is 0 Å². The Hall–Kier alpha value is -1.35. The van der Waals surface area contributed by atoms with Gasteiger partial charge in [0.2, 0.25) is 0 Å². The number of carbonyl (C=O) groups excluding carboxylic acids is 1. The van der Waals surface area contributed by atoms with Crippen molar-refractivity contribution >= 4 is 5.97 Å². The highest BCUT2D eigenvalue weighted by molar-refractivity contribution is 5.72. The van der Waals surface area contributed by atoms with E-state index in [9.17, 15) is 4.79 Å². The summed E-state index contributed by atoms with van der Waals surface area (Å²) in [7, 11) is 1.44. The Balaban J connectivity index is 2.25. The molecule has 0 aromatic heterocycles. The number of aryl methyl sites for hydroxylation is 1. The van der Waals surface area contributed by atoms with Gasteiger partial charge in [-0.25, -0.2) is 0 Å². The summed E-state index contributed by atoms with van der Waals surface area (Å²) in [6.45, 7) is 5.67. The SMILES string of the molecule is CCC(CNCCc1ccc(C)cc1)C(=O)OC. The maximum Gasteiger partial charge on any atom is 0.309 e. The summed E-state index contributed by atoms with van der Waals surface area (Å²) >= 11 is 0. The van der Waals surface area contributed by atoms with Crippen molar-refractivity contribution in [3.8, 4) is 0 Å². The molecule has 3 heteroatoms. The molecule has 0 radical (unpaired) electrons. The molecule has 0 saturated carbocycles. The molecule has 1 unspecified atom stereocenters. The van der Waals surface area contributed by atoms with Crippen molar-refractivity contribution in [2.75, 3.05) is 20.2 Å². The summed E-state index contributed by atoms with van der Waals surface area (Å²) in [6, 6.07) is 8.54. The Kier molecular flexibility index (Phi) is 6.44. The predicted molar refractivity (Wildman–Crippen MR) is 73.5 cm³/mol. The molecule has 1 aromatic rings. The summed E-state index contributed by atoms with van der Waals surface area (Å²) in [5.41, 5.74) is 2.60. The number of hydrogen-bond acceptors (Lipinski definition) is 3. The van der Waals surface area contributed by atoms with Crippen LogP contribution in [0.2, 0.25) is 0 Å². The molecule has 18 heavy (non-hydrogen) atoms. The van der Waals surface area contributed by atoms with Gasteiger partial charge in [0.05, 0.1) is 13.0 Å². The first-order valence-corrected chi connectivity index (χ1v) is 6.51. The van der Waals surface area contributed by atoms with Crippen LogP contribution < -0.4 is 5.32 Å². The van der Waals surface area contributed by atoms with E-state index in [0.717, 1.165) is 19.4 Å². The van der Waals surface area contributed by atoms with Crippen LogP contribution in [-0.2, 0) is 16.0 Å². The molecule has 0 fully saturated rings. The standard InChI is InChI=1S/C15H23NO2/c1-4-14(15(17)18-3)11-16-10-9-13-7-5-12(2)6-8-13/h5-8,14,16H,4,9-11H2,1-3H3. The highest BCUT2D eigenvalue weighted by atomic mass is 16.5. The van der Waals surface area contributed by atoms with Crippen LogP contribution >= 0.6 is 0 Å². The molecule has 1 atom stereocenters. The molecule has 1 N–H and O–H groups in total. The van der Waals surface area contributed by atoms with Gasteiger partial charge >= 0.3 is 5.97 Å². The van der Waals surface area contributed by atoms with Crippen LogP contribution in [0.25, 0.3) is 0 Å². The highest BCUT2D eigenvalue weighted by Gasteiger charge is 2.15. The number of hydrogen-bond donors (Lipinski definition) is 1. The van der Waals surface area contributed by atoms with Crippen LogP contribution in [0.15, 0.2) is 24.3 Å². The number of rotatable bonds is 7. The lowest BCUT2D eigenvalue weighted by atomic mass is 10.1. The van der Waals surface area contributed by atoms with Crippen molar-refractivity contribution < 1.29 is 9.53 Å². The third-order valence-corrected chi connectivity index (χ3v) is 3.13. The highest BCUT2D eigenvalue weighted by Crippen LogP contribution is 2.05. The molecule has 0 saturated heterocycles. The average Bonchev–Trinajstić information content (AvgIpc) is 2.40. The van der Waals surface area contributed by atoms with Crippen LogP contribution in [0.3, 0.4) is 0 Å². The lowest BCUT2D eigenvalue weighted by Gasteiger charge is -2.13. The Labute approximate surface area is 110 Å². The molecule has 3 nitrogen and oxygen atoms in total. The smallest absolute Gasteiger partial charge is 0.309 e. The monoisotopic (exact) mass is 249 g/mol. The molecule has 0 aliphatic rings. The van der Waals surface area contributed by atoms with Crippen LogP contribution in [-0.4, -0.2) is 26.2 Å². The minimum atomic E-state index is -0.125. The van der Waals surface area contributed by atoms with E-state index in [-0.39, 0.29) is 11.9 Å². The zero-order valence-corrected chi connectivity index (χ0v) is 11.5. The number of carbonyl (C=O) groups is 1. The Bertz CT molecular complexity index is 359. The van der Waals surface area contributed by atoms with E-state index in [1.807, 2.05) is 6.92 Å². The van der Waals surface area contributed by atoms with Gasteiger partial charge in [-0.15, -0.1) is 0 Å². The van der Waals surface area contributed by atoms with E-state index in [0.29, 0.717) is 6.54 Å². The number of methoxy groups -OCH3 is 1. The van der Waals surface area contributed by atoms with Gasteiger partial charge in [0.25, 0.3) is 0 Å². The second-order valence-corrected chi connectivity index (χ2v) is 4.57. The van der Waals surface area contributed by atoms with Gasteiger partial charge < -0.3 is 10.1 Å². The van der Waals surface area contributed by atoms with Crippen molar-refractivity contribution in [3.05, 3.63) is 35.4 Å². The molecule has 1 aromatic carbocycles. The first kappa shape index (κ1) is 14.7. The Morgan fingerprint density at radius 1 is 1.33 bits per heavy atom. The molecule has 100 valence electrons. The molecular weight excluding hydrogens is 226 g/mol. The van der Waals surface area contributed by atoms with Gasteiger partial charge in [-0.1, -0.05) is 36.8 Å². The average molecular weight is 249 g/mol. The molecule has 0 amide bonds. The van der Waals surface area contributed by atoms with Crippen molar-refractivity contribution in [1.82, 2.24) is 5.32 Å². The van der Waals surface area contributed by atoms with Gasteiger partial charge in [-0.3, -0.25) is 4.79 Å². The Morgan fingerprint density at radius 2 is 2.00 bits per heavy atom. The summed E-state index contributed by atoms with van der Waals surface area (Å²) in [5.74, 6) is -0.159. The molecule has 0 aliphatic carbocycles. The first-order valence-electron chi connectivity index (χ1n) is 6.51. The molecule has 0 heterocycles. The zero-order chi connectivity index (χ0) is 13.4. The fraction of sp³-hybridized carbons (Fsp3) is 0.533. The van der Waals surface area contributed by atoms with Crippen molar-refractivity contribution in [3.63, 3.8) is 0 Å². The molecule has 0 aliphatic heterocycles. The van der Waals surface area contributed by atoms with E-state index in [4.69, 9.17) is 4.74 Å². The lowest BCUT2D eigenvalue weighted by molar-refractivity contribution is -0.145. The van der Waals surface area contributed by atoms with Crippen LogP contribution in [0.4, 0.5) is 0 Å². The van der Waals surface area contributed by atoms with Crippen molar-refractivity contribution in [1.29, 1.82) is 0 Å². The van der Waals surface area contributed by atoms with Gasteiger partial charge in [-0.2, -0.15) is 0 Å². The number of benzene rings is 1. The largest absolute Gasteiger partial charge is 0.469 e. The van der Waals surface area contributed by atoms with Crippen molar-refractivity contribution in [2.24, 2.45) is 5.92 Å². The molecule has 0 bridgehead atoms. The van der Waals surface area contributed by atoms with Gasteiger partial charge in [0.1, 0.15) is 0 Å². The Morgan fingerprint density at radius 3 is 2.56 bits per heavy atom. The minimum Gasteiger partial charge on any atom is -0.469 e. The van der Waals surface area contributed by atoms with E-state index < -0.39 is 0 Å². The van der Waals surface area contributed by atoms with Crippen LogP contribution in [0.1, 0.15) is 24.5 Å². The van der Waals surface area contributed by atoms with E-state index in [1.165, 1.54) is 18.2 Å². The summed E-state index contributed by atoms with van der Waals surface area (Å²) in [6.07, 6.45) is 1.79. The maximum absolute atomic E-state index is 11.4. The molecule has 0 spiro atoms. The van der Waals surface area contributed by atoms with Gasteiger partial charge in [0, 0.05) is 6.54 Å². The van der Waals surface area contributed by atoms with Crippen LogP contribution in [0.5, 0.6) is 0 Å². The first-order chi connectivity index (χ1) is 8.67. The topological polar surface area (TPSA) is 38.3 Å². The molecular formula is C15H23NO2. The summed E-state index contributed by atoms with van der Waals surface area (Å²) in [5, 5.41) is 3.31. The zero-order valence-electron chi connectivity index (χ0n) is 11.5. The maximum atomic E-state index is 11.4. The fourth-order valence-electron chi connectivity index (χ4n) is 1.82. The van der Waals surface area contributed by atoms with Crippen molar-refractivity contribution in [2.45, 2.75) is 26.7 Å². The third kappa shape index (κ3) is 4.88. The number of ether oxygens (including phenoxy) is 1. The third-order valence-electron chi connectivity index (χ3n) is 3.13. The minimum absolute atomic E-state index is 0.0342. The second kappa shape index (κ2) is 7.88. The summed E-state index contributed by atoms with van der Waals surface area (Å²) < 4.78 is 4.75. The second-order valence-electron chi connectivity index (χ2n) is 4.57. The lowest BCUT2D eigenvalue weighted by Crippen LogP contribution is -2.30. The van der Waals surface area contributed by atoms with Gasteiger partial charge in [0.15, 0.2) is 0 Å². The van der Waals surface area contributed by atoms with Gasteiger partial charge in [-0.05, 0) is 31.9 Å². The molecule has 1 rings (SSSR count). The predicted octanol–water partition coefficient (Wildman–Crippen LogP) is 2.33. The summed E-state index contributed by atoms with van der Waals surface area (Å²) in [4.78, 5) is 11.4. The van der Waals surface area contributed by atoms with E-state index >= 15 is 0 Å². The van der Waals surface area contributed by atoms with E-state index in [2.05, 4.69) is 36.5 Å². The number of nitrogens with one attached hydrogen (secondary N) is 1. The number of esters is 1. The quantitative estimate of drug-likeness (QED) is 0.595. The van der Waals surface area contributed by atoms with Crippen LogP contribution in [0, 0.1) is 12.8 Å².